The van der Waals surface area contributed by atoms with E-state index in [-0.39, 0.29) is 5.69 Å². The van der Waals surface area contributed by atoms with Gasteiger partial charge in [-0.05, 0) is 42.0 Å². The molecular formula is C23H24FN3O4S. The lowest BCUT2D eigenvalue weighted by Crippen LogP contribution is -2.44. The van der Waals surface area contributed by atoms with Crippen LogP contribution >= 0.6 is 0 Å². The van der Waals surface area contributed by atoms with Crippen LogP contribution in [0.1, 0.15) is 5.56 Å². The van der Waals surface area contributed by atoms with Gasteiger partial charge in [0.1, 0.15) is 24.7 Å². The Morgan fingerprint density at radius 1 is 0.938 bits per heavy atom. The number of hydrogen-bond acceptors (Lipinski definition) is 4. The predicted molar refractivity (Wildman–Crippen MR) is 122 cm³/mol. The summed E-state index contributed by atoms with van der Waals surface area (Å²) in [5.74, 6) is -0.739. The monoisotopic (exact) mass is 457 g/mol. The lowest BCUT2D eigenvalue weighted by atomic mass is 10.2. The second-order valence-corrected chi connectivity index (χ2v) is 9.16. The van der Waals surface area contributed by atoms with Crippen LogP contribution in [0.15, 0.2) is 78.9 Å². The molecule has 0 heterocycles. The third-order valence-electron chi connectivity index (χ3n) is 4.53. The van der Waals surface area contributed by atoms with E-state index < -0.39 is 28.5 Å². The first-order valence-corrected chi connectivity index (χ1v) is 11.2. The van der Waals surface area contributed by atoms with Crippen LogP contribution in [-0.2, 0) is 21.6 Å². The first-order valence-electron chi connectivity index (χ1n) is 9.79. The Bertz CT molecular complexity index is 1150. The Morgan fingerprint density at radius 2 is 1.56 bits per heavy atom. The minimum Gasteiger partial charge on any atom is -0.489 e. The van der Waals surface area contributed by atoms with Gasteiger partial charge in [-0.25, -0.2) is 8.70 Å². The number of carbonyl (C=O) groups excluding carboxylic acids is 1. The number of nitrogens with zero attached hydrogens (tertiary/aromatic N) is 2. The van der Waals surface area contributed by atoms with E-state index in [4.69, 9.17) is 4.74 Å². The largest absolute Gasteiger partial charge is 0.489 e. The zero-order chi connectivity index (χ0) is 23.1. The molecule has 0 saturated carbocycles. The van der Waals surface area contributed by atoms with E-state index in [1.165, 1.54) is 32.3 Å². The molecule has 1 amide bonds. The van der Waals surface area contributed by atoms with Crippen molar-refractivity contribution in [3.8, 4) is 5.75 Å². The topological polar surface area (TPSA) is 79.0 Å². The van der Waals surface area contributed by atoms with E-state index in [9.17, 15) is 17.6 Å². The molecule has 0 atom stereocenters. The van der Waals surface area contributed by atoms with Crippen molar-refractivity contribution < 1.29 is 22.3 Å². The Morgan fingerprint density at radius 3 is 2.19 bits per heavy atom. The Kier molecular flexibility index (Phi) is 7.45. The molecule has 0 bridgehead atoms. The molecule has 3 aromatic rings. The van der Waals surface area contributed by atoms with E-state index in [1.807, 2.05) is 30.3 Å². The number of carbonyl (C=O) groups is 1. The number of benzene rings is 3. The average molecular weight is 458 g/mol. The summed E-state index contributed by atoms with van der Waals surface area (Å²) in [5.41, 5.74) is 1.28. The van der Waals surface area contributed by atoms with Gasteiger partial charge in [-0.1, -0.05) is 42.5 Å². The molecule has 0 unspecified atom stereocenters. The molecule has 0 saturated heterocycles. The van der Waals surface area contributed by atoms with Crippen molar-refractivity contribution >= 4 is 27.5 Å². The third-order valence-corrected chi connectivity index (χ3v) is 6.34. The fourth-order valence-corrected chi connectivity index (χ4v) is 3.92. The highest BCUT2D eigenvalue weighted by molar-refractivity contribution is 7.90. The van der Waals surface area contributed by atoms with E-state index in [0.717, 1.165) is 20.2 Å². The second-order valence-electron chi connectivity index (χ2n) is 7.10. The van der Waals surface area contributed by atoms with Gasteiger partial charge >= 0.3 is 10.2 Å². The highest BCUT2D eigenvalue weighted by Gasteiger charge is 2.29. The van der Waals surface area contributed by atoms with Crippen LogP contribution in [0.2, 0.25) is 0 Å². The Balaban J connectivity index is 1.67. The van der Waals surface area contributed by atoms with Crippen LogP contribution in [0, 0.1) is 5.82 Å². The fourth-order valence-electron chi connectivity index (χ4n) is 2.85. The summed E-state index contributed by atoms with van der Waals surface area (Å²) in [6, 6.07) is 21.8. The number of halogens is 1. The molecule has 0 aliphatic carbocycles. The van der Waals surface area contributed by atoms with Crippen molar-refractivity contribution in [3.63, 3.8) is 0 Å². The first kappa shape index (κ1) is 23.2. The van der Waals surface area contributed by atoms with Gasteiger partial charge in [-0.2, -0.15) is 12.7 Å². The van der Waals surface area contributed by atoms with Crippen molar-refractivity contribution in [1.29, 1.82) is 0 Å². The quantitative estimate of drug-likeness (QED) is 0.532. The maximum absolute atomic E-state index is 14.3. The predicted octanol–water partition coefficient (Wildman–Crippen LogP) is 3.66. The number of nitrogens with one attached hydrogen (secondary N) is 1. The molecule has 3 aromatic carbocycles. The Hall–Kier alpha value is -3.43. The van der Waals surface area contributed by atoms with Crippen LogP contribution in [0.5, 0.6) is 5.75 Å². The molecule has 0 aromatic heterocycles. The van der Waals surface area contributed by atoms with E-state index >= 15 is 0 Å². The molecule has 168 valence electrons. The number of rotatable bonds is 9. The summed E-state index contributed by atoms with van der Waals surface area (Å²) in [4.78, 5) is 12.6. The molecular weight excluding hydrogens is 433 g/mol. The molecule has 3 rings (SSSR count). The maximum atomic E-state index is 14.3. The van der Waals surface area contributed by atoms with Gasteiger partial charge in [0.2, 0.25) is 5.91 Å². The summed E-state index contributed by atoms with van der Waals surface area (Å²) in [5, 5.41) is 2.63. The average Bonchev–Trinajstić information content (AvgIpc) is 2.78. The first-order chi connectivity index (χ1) is 15.3. The van der Waals surface area contributed by atoms with Crippen molar-refractivity contribution in [2.75, 3.05) is 30.3 Å². The highest BCUT2D eigenvalue weighted by atomic mass is 32.2. The molecule has 9 heteroatoms. The maximum Gasteiger partial charge on any atom is 0.304 e. The van der Waals surface area contributed by atoms with E-state index in [2.05, 4.69) is 5.32 Å². The molecule has 1 N–H and O–H groups in total. The molecule has 0 spiro atoms. The molecule has 0 aliphatic rings. The standard InChI is InChI=1S/C23H24FN3O4S/c1-26(2)32(29,30)27(22-11-7-6-10-21(22)24)16-23(28)25-19-12-14-20(15-13-19)31-17-18-8-4-3-5-9-18/h3-15H,16-17H2,1-2H3,(H,25,28). The molecule has 0 radical (unpaired) electrons. The van der Waals surface area contributed by atoms with Crippen molar-refractivity contribution in [2.24, 2.45) is 0 Å². The summed E-state index contributed by atoms with van der Waals surface area (Å²) in [6.07, 6.45) is 0. The minimum atomic E-state index is -4.10. The summed E-state index contributed by atoms with van der Waals surface area (Å²) in [6.45, 7) is -0.180. The summed E-state index contributed by atoms with van der Waals surface area (Å²) in [7, 11) is -1.47. The second kappa shape index (κ2) is 10.3. The number of amides is 1. The van der Waals surface area contributed by atoms with Crippen LogP contribution < -0.4 is 14.4 Å². The normalized spacial score (nSPS) is 11.2. The molecule has 0 aliphatic heterocycles. The number of ether oxygens (including phenoxy) is 1. The van der Waals surface area contributed by atoms with Crippen LogP contribution in [0.25, 0.3) is 0 Å². The SMILES string of the molecule is CN(C)S(=O)(=O)N(CC(=O)Nc1ccc(OCc2ccccc2)cc1)c1ccccc1F. The van der Waals surface area contributed by atoms with Crippen LogP contribution in [0.4, 0.5) is 15.8 Å². The van der Waals surface area contributed by atoms with Crippen LogP contribution in [-0.4, -0.2) is 39.3 Å². The third kappa shape index (κ3) is 5.83. The van der Waals surface area contributed by atoms with Crippen molar-refractivity contribution in [2.45, 2.75) is 6.61 Å². The van der Waals surface area contributed by atoms with Gasteiger partial charge in [0.25, 0.3) is 0 Å². The van der Waals surface area contributed by atoms with E-state index in [0.29, 0.717) is 18.0 Å². The zero-order valence-corrected chi connectivity index (χ0v) is 18.5. The molecule has 0 fully saturated rings. The fraction of sp³-hybridized carbons (Fsp3) is 0.174. The summed E-state index contributed by atoms with van der Waals surface area (Å²) >= 11 is 0. The Labute approximate surface area is 187 Å². The lowest BCUT2D eigenvalue weighted by Gasteiger charge is -2.27. The van der Waals surface area contributed by atoms with Gasteiger partial charge in [-0.15, -0.1) is 0 Å². The number of para-hydroxylation sites is 1. The molecule has 32 heavy (non-hydrogen) atoms. The van der Waals surface area contributed by atoms with Gasteiger partial charge in [0.05, 0.1) is 5.69 Å². The van der Waals surface area contributed by atoms with Gasteiger partial charge in [0, 0.05) is 19.8 Å². The highest BCUT2D eigenvalue weighted by Crippen LogP contribution is 2.23. The minimum absolute atomic E-state index is 0.207. The lowest BCUT2D eigenvalue weighted by molar-refractivity contribution is -0.114. The van der Waals surface area contributed by atoms with Crippen molar-refractivity contribution in [1.82, 2.24) is 4.31 Å². The smallest absolute Gasteiger partial charge is 0.304 e. The van der Waals surface area contributed by atoms with E-state index in [1.54, 1.807) is 24.3 Å². The van der Waals surface area contributed by atoms with Gasteiger partial charge in [0.15, 0.2) is 0 Å². The summed E-state index contributed by atoms with van der Waals surface area (Å²) < 4.78 is 47.0. The molecule has 7 nitrogen and oxygen atoms in total. The number of anilines is 2. The van der Waals surface area contributed by atoms with Gasteiger partial charge in [-0.3, -0.25) is 4.79 Å². The zero-order valence-electron chi connectivity index (χ0n) is 17.7. The van der Waals surface area contributed by atoms with Gasteiger partial charge < -0.3 is 10.1 Å². The van der Waals surface area contributed by atoms with Crippen LogP contribution in [0.3, 0.4) is 0 Å². The van der Waals surface area contributed by atoms with Crippen molar-refractivity contribution in [3.05, 3.63) is 90.2 Å². The number of hydrogen-bond donors (Lipinski definition) is 1.